The summed E-state index contributed by atoms with van der Waals surface area (Å²) < 4.78 is 10.9. The van der Waals surface area contributed by atoms with E-state index in [1.807, 2.05) is 31.4 Å². The molecule has 0 bridgehead atoms. The van der Waals surface area contributed by atoms with E-state index in [4.69, 9.17) is 9.47 Å². The van der Waals surface area contributed by atoms with Crippen LogP contribution in [0.3, 0.4) is 0 Å². The molecule has 0 saturated carbocycles. The summed E-state index contributed by atoms with van der Waals surface area (Å²) in [5.41, 5.74) is 0.190. The minimum absolute atomic E-state index is 0.134. The molecule has 2 aromatic rings. The van der Waals surface area contributed by atoms with E-state index in [2.05, 4.69) is 0 Å². The van der Waals surface area contributed by atoms with Crippen LogP contribution in [-0.2, 0) is 9.59 Å². The van der Waals surface area contributed by atoms with E-state index in [1.165, 1.54) is 16.2 Å². The lowest BCUT2D eigenvalue weighted by atomic mass is 9.95. The smallest absolute Gasteiger partial charge is 0.290 e. The van der Waals surface area contributed by atoms with Crippen LogP contribution in [0.5, 0.6) is 11.5 Å². The number of hydrogen-bond donors (Lipinski definition) is 1. The number of carbonyl (C=O) groups excluding carboxylic acids is 2. The van der Waals surface area contributed by atoms with Crippen molar-refractivity contribution in [3.05, 3.63) is 58.0 Å². The molecule has 0 radical (unpaired) electrons. The van der Waals surface area contributed by atoms with Gasteiger partial charge in [-0.3, -0.25) is 9.59 Å². The van der Waals surface area contributed by atoms with Crippen molar-refractivity contribution in [3.8, 4) is 11.5 Å². The summed E-state index contributed by atoms with van der Waals surface area (Å²) in [4.78, 5) is 27.9. The Bertz CT molecular complexity index is 886. The first-order chi connectivity index (χ1) is 13.9. The molecule has 1 amide bonds. The van der Waals surface area contributed by atoms with Gasteiger partial charge in [-0.2, -0.15) is 0 Å². The van der Waals surface area contributed by atoms with Gasteiger partial charge in [-0.1, -0.05) is 19.9 Å². The van der Waals surface area contributed by atoms with Gasteiger partial charge in [0.15, 0.2) is 11.5 Å². The van der Waals surface area contributed by atoms with Crippen LogP contribution in [0, 0.1) is 5.92 Å². The summed E-state index contributed by atoms with van der Waals surface area (Å²) in [6, 6.07) is 10.3. The van der Waals surface area contributed by atoms with Crippen LogP contribution in [0.15, 0.2) is 53.1 Å². The highest BCUT2D eigenvalue weighted by Crippen LogP contribution is 2.40. The summed E-state index contributed by atoms with van der Waals surface area (Å²) in [5.74, 6) is 0.343. The van der Waals surface area contributed by atoms with Crippen molar-refractivity contribution in [2.45, 2.75) is 26.3 Å². The molecule has 1 aromatic heterocycles. The fraction of sp³-hybridized carbons (Fsp3) is 0.364. The molecule has 1 N–H and O–H groups in total. The number of amides is 1. The number of rotatable bonds is 9. The fourth-order valence-corrected chi connectivity index (χ4v) is 4.17. The molecule has 154 valence electrons. The first-order valence-corrected chi connectivity index (χ1v) is 10.4. The Morgan fingerprint density at radius 1 is 1.21 bits per heavy atom. The van der Waals surface area contributed by atoms with Crippen LogP contribution in [-0.4, -0.2) is 42.0 Å². The van der Waals surface area contributed by atoms with Gasteiger partial charge in [0.25, 0.3) is 5.91 Å². The second-order valence-corrected chi connectivity index (χ2v) is 8.20. The van der Waals surface area contributed by atoms with E-state index < -0.39 is 17.7 Å². The largest absolute Gasteiger partial charge is 0.503 e. The Labute approximate surface area is 174 Å². The van der Waals surface area contributed by atoms with Gasteiger partial charge >= 0.3 is 0 Å². The number of nitrogens with zero attached hydrogens (tertiary/aromatic N) is 1. The summed E-state index contributed by atoms with van der Waals surface area (Å²) in [7, 11) is 1.59. The normalized spacial score (nSPS) is 16.6. The molecule has 0 fully saturated rings. The number of ether oxygens (including phenoxy) is 2. The molecule has 2 heterocycles. The van der Waals surface area contributed by atoms with Crippen molar-refractivity contribution in [1.29, 1.82) is 0 Å². The minimum Gasteiger partial charge on any atom is -0.503 e. The van der Waals surface area contributed by atoms with Gasteiger partial charge in [0, 0.05) is 11.3 Å². The lowest BCUT2D eigenvalue weighted by molar-refractivity contribution is -0.129. The number of ketones is 1. The van der Waals surface area contributed by atoms with Crippen molar-refractivity contribution in [3.63, 3.8) is 0 Å². The van der Waals surface area contributed by atoms with Gasteiger partial charge in [0.1, 0.15) is 18.1 Å². The number of aliphatic hydroxyl groups excluding tert-OH is 1. The zero-order valence-electron chi connectivity index (χ0n) is 16.8. The number of benzene rings is 1. The number of aliphatic hydroxyl groups is 1. The highest BCUT2D eigenvalue weighted by molar-refractivity contribution is 7.10. The van der Waals surface area contributed by atoms with Crippen molar-refractivity contribution < 1.29 is 24.2 Å². The third-order valence-electron chi connectivity index (χ3n) is 4.67. The number of hydrogen-bond acceptors (Lipinski definition) is 6. The molecule has 0 spiro atoms. The Morgan fingerprint density at radius 2 is 1.90 bits per heavy atom. The van der Waals surface area contributed by atoms with Gasteiger partial charge in [-0.05, 0) is 41.6 Å². The lowest BCUT2D eigenvalue weighted by Gasteiger charge is -2.25. The molecule has 3 rings (SSSR count). The molecule has 1 aromatic carbocycles. The average molecular weight is 416 g/mol. The number of methoxy groups -OCH3 is 1. The third-order valence-corrected chi connectivity index (χ3v) is 5.60. The van der Waals surface area contributed by atoms with Crippen LogP contribution in [0.2, 0.25) is 0 Å². The van der Waals surface area contributed by atoms with E-state index in [9.17, 15) is 14.7 Å². The van der Waals surface area contributed by atoms with Crippen LogP contribution >= 0.6 is 11.3 Å². The van der Waals surface area contributed by atoms with Crippen LogP contribution < -0.4 is 9.47 Å². The predicted molar refractivity (Wildman–Crippen MR) is 111 cm³/mol. The highest BCUT2D eigenvalue weighted by Gasteiger charge is 2.43. The highest BCUT2D eigenvalue weighted by atomic mass is 32.1. The maximum absolute atomic E-state index is 12.8. The molecular formula is C22H25NO5S. The molecule has 1 aliphatic heterocycles. The Hall–Kier alpha value is -2.80. The number of carbonyl (C=O) groups is 2. The maximum atomic E-state index is 12.8. The standard InChI is InChI=1S/C22H25NO5S/c1-14(2)13-17(24)19-20(18-5-4-12-29-18)23(22(26)21(19)25)10-11-28-16-8-6-15(27-3)7-9-16/h4-9,12,14,20,25H,10-11,13H2,1-3H3. The Morgan fingerprint density at radius 3 is 2.48 bits per heavy atom. The van der Waals surface area contributed by atoms with Crippen molar-refractivity contribution in [1.82, 2.24) is 4.90 Å². The fourth-order valence-electron chi connectivity index (χ4n) is 3.33. The monoisotopic (exact) mass is 415 g/mol. The molecular weight excluding hydrogens is 390 g/mol. The lowest BCUT2D eigenvalue weighted by Crippen LogP contribution is -2.34. The number of thiophene rings is 1. The zero-order chi connectivity index (χ0) is 21.0. The zero-order valence-corrected chi connectivity index (χ0v) is 17.6. The predicted octanol–water partition coefficient (Wildman–Crippen LogP) is 4.15. The van der Waals surface area contributed by atoms with E-state index >= 15 is 0 Å². The average Bonchev–Trinajstić information content (AvgIpc) is 3.30. The molecule has 0 aliphatic carbocycles. The molecule has 1 aliphatic rings. The number of Topliss-reactive ketones (excluding diaryl/α,β-unsaturated/α-hetero) is 1. The topological polar surface area (TPSA) is 76.1 Å². The maximum Gasteiger partial charge on any atom is 0.290 e. The molecule has 0 saturated heterocycles. The van der Waals surface area contributed by atoms with Crippen molar-refractivity contribution >= 4 is 23.0 Å². The molecule has 1 unspecified atom stereocenters. The first-order valence-electron chi connectivity index (χ1n) is 9.50. The summed E-state index contributed by atoms with van der Waals surface area (Å²) >= 11 is 1.46. The Kier molecular flexibility index (Phi) is 6.59. The molecule has 7 heteroatoms. The van der Waals surface area contributed by atoms with Gasteiger partial charge in [0.2, 0.25) is 0 Å². The van der Waals surface area contributed by atoms with Crippen LogP contribution in [0.25, 0.3) is 0 Å². The van der Waals surface area contributed by atoms with E-state index in [0.29, 0.717) is 5.75 Å². The SMILES string of the molecule is COc1ccc(OCCN2C(=O)C(O)=C(C(=O)CC(C)C)C2c2cccs2)cc1. The Balaban J connectivity index is 1.76. The minimum atomic E-state index is -0.576. The van der Waals surface area contributed by atoms with Gasteiger partial charge < -0.3 is 19.5 Å². The van der Waals surface area contributed by atoms with Gasteiger partial charge in [0.05, 0.1) is 25.3 Å². The third kappa shape index (κ3) is 4.62. The van der Waals surface area contributed by atoms with Crippen LogP contribution in [0.1, 0.15) is 31.2 Å². The van der Waals surface area contributed by atoms with Crippen molar-refractivity contribution in [2.75, 3.05) is 20.3 Å². The van der Waals surface area contributed by atoms with Crippen molar-refractivity contribution in [2.24, 2.45) is 5.92 Å². The summed E-state index contributed by atoms with van der Waals surface area (Å²) in [6.07, 6.45) is 0.282. The van der Waals surface area contributed by atoms with E-state index in [-0.39, 0.29) is 36.8 Å². The van der Waals surface area contributed by atoms with Gasteiger partial charge in [-0.25, -0.2) is 0 Å². The molecule has 1 atom stereocenters. The van der Waals surface area contributed by atoms with E-state index in [0.717, 1.165) is 10.6 Å². The summed E-state index contributed by atoms with van der Waals surface area (Å²) in [5, 5.41) is 12.4. The van der Waals surface area contributed by atoms with Gasteiger partial charge in [-0.15, -0.1) is 11.3 Å². The molecule has 6 nitrogen and oxygen atoms in total. The second kappa shape index (κ2) is 9.13. The van der Waals surface area contributed by atoms with E-state index in [1.54, 1.807) is 31.4 Å². The first kappa shape index (κ1) is 20.9. The quantitative estimate of drug-likeness (QED) is 0.666. The summed E-state index contributed by atoms with van der Waals surface area (Å²) in [6.45, 7) is 4.36. The second-order valence-electron chi connectivity index (χ2n) is 7.22. The molecule has 29 heavy (non-hydrogen) atoms. The van der Waals surface area contributed by atoms with Crippen LogP contribution in [0.4, 0.5) is 0 Å².